The average Bonchev–Trinajstić information content (AvgIpc) is 2.36. The third-order valence-electron chi connectivity index (χ3n) is 5.39. The highest BCUT2D eigenvalue weighted by molar-refractivity contribution is 4.87. The van der Waals surface area contributed by atoms with Crippen LogP contribution in [0.3, 0.4) is 0 Å². The van der Waals surface area contributed by atoms with Gasteiger partial charge in [-0.3, -0.25) is 4.90 Å². The molecule has 0 bridgehead atoms. The van der Waals surface area contributed by atoms with Gasteiger partial charge in [0.05, 0.1) is 0 Å². The number of aliphatic hydroxyl groups excluding tert-OH is 1. The van der Waals surface area contributed by atoms with E-state index in [1.165, 1.54) is 51.5 Å². The topological polar surface area (TPSA) is 49.5 Å². The Morgan fingerprint density at radius 1 is 1.21 bits per heavy atom. The summed E-state index contributed by atoms with van der Waals surface area (Å²) in [5.41, 5.74) is 6.36. The van der Waals surface area contributed by atoms with Crippen LogP contribution in [0.4, 0.5) is 0 Å². The number of rotatable bonds is 7. The second-order valence-electron chi connectivity index (χ2n) is 6.67. The summed E-state index contributed by atoms with van der Waals surface area (Å²) in [6.45, 7) is 4.86. The van der Waals surface area contributed by atoms with Crippen LogP contribution >= 0.6 is 0 Å². The van der Waals surface area contributed by atoms with Gasteiger partial charge in [-0.05, 0) is 50.4 Å². The summed E-state index contributed by atoms with van der Waals surface area (Å²) in [6.07, 6.45) is 10.2. The predicted molar refractivity (Wildman–Crippen MR) is 80.0 cm³/mol. The van der Waals surface area contributed by atoms with Crippen LogP contribution in [0.15, 0.2) is 0 Å². The molecule has 0 aromatic carbocycles. The molecule has 112 valence electrons. The van der Waals surface area contributed by atoms with E-state index in [1.807, 2.05) is 0 Å². The van der Waals surface area contributed by atoms with Crippen LogP contribution in [0, 0.1) is 11.8 Å². The van der Waals surface area contributed by atoms with Crippen molar-refractivity contribution in [2.45, 2.75) is 70.4 Å². The second-order valence-corrected chi connectivity index (χ2v) is 6.67. The number of nitrogens with two attached hydrogens (primary N) is 1. The highest BCUT2D eigenvalue weighted by atomic mass is 16.3. The summed E-state index contributed by atoms with van der Waals surface area (Å²) in [4.78, 5) is 2.63. The van der Waals surface area contributed by atoms with Crippen LogP contribution < -0.4 is 5.73 Å². The van der Waals surface area contributed by atoms with Gasteiger partial charge >= 0.3 is 0 Å². The molecule has 2 rings (SSSR count). The molecule has 3 unspecified atom stereocenters. The van der Waals surface area contributed by atoms with E-state index in [-0.39, 0.29) is 0 Å². The molecule has 2 fully saturated rings. The molecule has 3 N–H and O–H groups in total. The third kappa shape index (κ3) is 4.17. The maximum Gasteiger partial charge on any atom is 0.0443 e. The normalized spacial score (nSPS) is 32.5. The highest BCUT2D eigenvalue weighted by Gasteiger charge is 2.32. The molecule has 0 heterocycles. The van der Waals surface area contributed by atoms with Crippen molar-refractivity contribution in [2.75, 3.05) is 19.7 Å². The number of hydrogen-bond acceptors (Lipinski definition) is 3. The zero-order valence-electron chi connectivity index (χ0n) is 12.6. The van der Waals surface area contributed by atoms with Crippen molar-refractivity contribution >= 4 is 0 Å². The number of aliphatic hydroxyl groups is 1. The van der Waals surface area contributed by atoms with Crippen LogP contribution in [0.5, 0.6) is 0 Å². The van der Waals surface area contributed by atoms with Crippen LogP contribution in [0.1, 0.15) is 58.3 Å². The quantitative estimate of drug-likeness (QED) is 0.745. The molecule has 19 heavy (non-hydrogen) atoms. The van der Waals surface area contributed by atoms with E-state index < -0.39 is 0 Å². The van der Waals surface area contributed by atoms with Gasteiger partial charge in [0.2, 0.25) is 0 Å². The van der Waals surface area contributed by atoms with Gasteiger partial charge in [0.1, 0.15) is 0 Å². The van der Waals surface area contributed by atoms with E-state index in [4.69, 9.17) is 10.8 Å². The lowest BCUT2D eigenvalue weighted by molar-refractivity contribution is 0.0753. The van der Waals surface area contributed by atoms with E-state index in [0.29, 0.717) is 18.6 Å². The van der Waals surface area contributed by atoms with Gasteiger partial charge < -0.3 is 10.8 Å². The molecule has 2 aliphatic carbocycles. The van der Waals surface area contributed by atoms with Crippen molar-refractivity contribution in [1.29, 1.82) is 0 Å². The molecule has 0 amide bonds. The van der Waals surface area contributed by atoms with Gasteiger partial charge in [-0.2, -0.15) is 0 Å². The van der Waals surface area contributed by atoms with Gasteiger partial charge in [0, 0.05) is 31.8 Å². The maximum absolute atomic E-state index is 9.07. The summed E-state index contributed by atoms with van der Waals surface area (Å²) in [6, 6.07) is 1.18. The molecule has 3 heteroatoms. The van der Waals surface area contributed by atoms with E-state index in [9.17, 15) is 0 Å². The third-order valence-corrected chi connectivity index (χ3v) is 5.39. The minimum atomic E-state index is 0.317. The highest BCUT2D eigenvalue weighted by Crippen LogP contribution is 2.33. The van der Waals surface area contributed by atoms with Crippen molar-refractivity contribution < 1.29 is 5.11 Å². The predicted octanol–water partition coefficient (Wildman–Crippen LogP) is 2.38. The van der Waals surface area contributed by atoms with Crippen LogP contribution in [0.25, 0.3) is 0 Å². The molecule has 2 aliphatic rings. The Morgan fingerprint density at radius 3 is 2.58 bits per heavy atom. The summed E-state index contributed by atoms with van der Waals surface area (Å²) in [7, 11) is 0. The largest absolute Gasteiger partial charge is 0.396 e. The molecule has 3 atom stereocenters. The fourth-order valence-corrected chi connectivity index (χ4v) is 3.72. The zero-order valence-corrected chi connectivity index (χ0v) is 12.6. The van der Waals surface area contributed by atoms with E-state index in [2.05, 4.69) is 11.8 Å². The minimum absolute atomic E-state index is 0.317. The Bertz CT molecular complexity index is 253. The van der Waals surface area contributed by atoms with Gasteiger partial charge in [-0.25, -0.2) is 0 Å². The summed E-state index contributed by atoms with van der Waals surface area (Å²) >= 11 is 0. The lowest BCUT2D eigenvalue weighted by Gasteiger charge is -2.43. The zero-order chi connectivity index (χ0) is 13.7. The molecule has 0 radical (unpaired) electrons. The summed E-state index contributed by atoms with van der Waals surface area (Å²) in [5.74, 6) is 1.57. The maximum atomic E-state index is 9.07. The Labute approximate surface area is 118 Å². The van der Waals surface area contributed by atoms with Crippen LogP contribution in [0.2, 0.25) is 0 Å². The molecule has 0 aliphatic heterocycles. The molecular formula is C16H32N2O. The molecule has 0 saturated heterocycles. The first-order valence-electron chi connectivity index (χ1n) is 8.35. The first kappa shape index (κ1) is 15.3. The van der Waals surface area contributed by atoms with E-state index >= 15 is 0 Å². The van der Waals surface area contributed by atoms with Crippen molar-refractivity contribution in [2.24, 2.45) is 17.6 Å². The Hall–Kier alpha value is -0.120. The SMILES string of the molecule is CCC1CCC(N)C(CN(CCCO)C2CCC2)C1. The van der Waals surface area contributed by atoms with E-state index in [0.717, 1.165) is 24.9 Å². The average molecular weight is 268 g/mol. The fraction of sp³-hybridized carbons (Fsp3) is 1.00. The van der Waals surface area contributed by atoms with Gasteiger partial charge in [-0.1, -0.05) is 19.8 Å². The van der Waals surface area contributed by atoms with Crippen molar-refractivity contribution in [1.82, 2.24) is 4.90 Å². The molecular weight excluding hydrogens is 236 g/mol. The first-order valence-corrected chi connectivity index (χ1v) is 8.35. The standard InChI is InChI=1S/C16H32N2O/c1-2-13-7-8-16(17)14(11-13)12-18(9-4-10-19)15-5-3-6-15/h13-16,19H,2-12,17H2,1H3. The minimum Gasteiger partial charge on any atom is -0.396 e. The molecule has 0 spiro atoms. The van der Waals surface area contributed by atoms with Crippen molar-refractivity contribution in [3.63, 3.8) is 0 Å². The number of hydrogen-bond donors (Lipinski definition) is 2. The fourth-order valence-electron chi connectivity index (χ4n) is 3.72. The Balaban J connectivity index is 1.86. The van der Waals surface area contributed by atoms with E-state index in [1.54, 1.807) is 0 Å². The molecule has 0 aromatic heterocycles. The smallest absolute Gasteiger partial charge is 0.0443 e. The van der Waals surface area contributed by atoms with Gasteiger partial charge in [0.15, 0.2) is 0 Å². The number of nitrogens with zero attached hydrogens (tertiary/aromatic N) is 1. The summed E-state index contributed by atoms with van der Waals surface area (Å²) in [5, 5.41) is 9.07. The van der Waals surface area contributed by atoms with Gasteiger partial charge in [0.25, 0.3) is 0 Å². The summed E-state index contributed by atoms with van der Waals surface area (Å²) < 4.78 is 0. The van der Waals surface area contributed by atoms with Crippen LogP contribution in [-0.4, -0.2) is 41.8 Å². The lowest BCUT2D eigenvalue weighted by Crippen LogP contribution is -2.48. The van der Waals surface area contributed by atoms with Crippen LogP contribution in [-0.2, 0) is 0 Å². The second kappa shape index (κ2) is 7.61. The Kier molecular flexibility index (Phi) is 6.11. The Morgan fingerprint density at radius 2 is 2.00 bits per heavy atom. The van der Waals surface area contributed by atoms with Gasteiger partial charge in [-0.15, -0.1) is 0 Å². The molecule has 3 nitrogen and oxygen atoms in total. The van der Waals surface area contributed by atoms with Crippen molar-refractivity contribution in [3.05, 3.63) is 0 Å². The molecule has 0 aromatic rings. The first-order chi connectivity index (χ1) is 9.24. The monoisotopic (exact) mass is 268 g/mol. The van der Waals surface area contributed by atoms with Crippen molar-refractivity contribution in [3.8, 4) is 0 Å². The lowest BCUT2D eigenvalue weighted by atomic mass is 9.76. The molecule has 2 saturated carbocycles.